The third-order valence-electron chi connectivity index (χ3n) is 3.51. The number of aromatic nitrogens is 1. The maximum atomic E-state index is 14.0. The van der Waals surface area contributed by atoms with Crippen molar-refractivity contribution in [2.75, 3.05) is 0 Å². The molecule has 0 saturated carbocycles. The lowest BCUT2D eigenvalue weighted by Gasteiger charge is -2.08. The summed E-state index contributed by atoms with van der Waals surface area (Å²) in [5.41, 5.74) is 3.18. The molecule has 0 radical (unpaired) electrons. The Morgan fingerprint density at radius 1 is 1.32 bits per heavy atom. The van der Waals surface area contributed by atoms with Crippen LogP contribution in [0.5, 0.6) is 0 Å². The molecule has 0 spiro atoms. The molecule has 5 heteroatoms. The normalized spacial score (nSPS) is 10.7. The van der Waals surface area contributed by atoms with E-state index in [1.54, 1.807) is 6.07 Å². The molecule has 0 bridgehead atoms. The number of nitro benzene ring substituents is 1. The standard InChI is InChI=1S/C14H15FN2O2/c1-9-7-16(11(3)10(9)2)8-12-5-4-6-13(14(12)15)17(18)19/h4-7H,8H2,1-3H3. The van der Waals surface area contributed by atoms with Gasteiger partial charge in [-0.3, -0.25) is 10.1 Å². The van der Waals surface area contributed by atoms with E-state index in [2.05, 4.69) is 0 Å². The largest absolute Gasteiger partial charge is 0.347 e. The molecule has 100 valence electrons. The van der Waals surface area contributed by atoms with Crippen LogP contribution in [0.15, 0.2) is 24.4 Å². The first kappa shape index (κ1) is 13.3. The first-order chi connectivity index (χ1) is 8.91. The molecular weight excluding hydrogens is 247 g/mol. The maximum Gasteiger partial charge on any atom is 0.305 e. The van der Waals surface area contributed by atoms with E-state index in [9.17, 15) is 14.5 Å². The molecule has 0 saturated heterocycles. The molecule has 1 heterocycles. The molecule has 0 aliphatic carbocycles. The van der Waals surface area contributed by atoms with E-state index in [0.29, 0.717) is 12.1 Å². The van der Waals surface area contributed by atoms with E-state index in [4.69, 9.17) is 0 Å². The van der Waals surface area contributed by atoms with E-state index in [-0.39, 0.29) is 0 Å². The summed E-state index contributed by atoms with van der Waals surface area (Å²) in [6.07, 6.45) is 1.93. The summed E-state index contributed by atoms with van der Waals surface area (Å²) in [5.74, 6) is -0.754. The third-order valence-corrected chi connectivity index (χ3v) is 3.51. The summed E-state index contributed by atoms with van der Waals surface area (Å²) in [6.45, 7) is 6.25. The van der Waals surface area contributed by atoms with Crippen molar-refractivity contribution in [1.29, 1.82) is 0 Å². The Kier molecular flexibility index (Phi) is 3.38. The van der Waals surface area contributed by atoms with Gasteiger partial charge in [0.1, 0.15) is 0 Å². The van der Waals surface area contributed by atoms with Gasteiger partial charge in [-0.25, -0.2) is 0 Å². The zero-order chi connectivity index (χ0) is 14.2. The molecule has 2 aromatic rings. The molecule has 19 heavy (non-hydrogen) atoms. The molecule has 0 unspecified atom stereocenters. The predicted octanol–water partition coefficient (Wildman–Crippen LogP) is 3.51. The summed E-state index contributed by atoms with van der Waals surface area (Å²) in [5, 5.41) is 10.7. The van der Waals surface area contributed by atoms with Crippen LogP contribution in [0, 0.1) is 36.7 Å². The Bertz CT molecular complexity index is 647. The van der Waals surface area contributed by atoms with Crippen LogP contribution in [0.1, 0.15) is 22.4 Å². The zero-order valence-electron chi connectivity index (χ0n) is 11.1. The maximum absolute atomic E-state index is 14.0. The van der Waals surface area contributed by atoms with Gasteiger partial charge in [0.05, 0.1) is 11.5 Å². The minimum atomic E-state index is -0.754. The van der Waals surface area contributed by atoms with Crippen molar-refractivity contribution in [3.05, 3.63) is 62.7 Å². The van der Waals surface area contributed by atoms with Gasteiger partial charge in [-0.1, -0.05) is 12.1 Å². The Balaban J connectivity index is 2.41. The minimum absolute atomic E-state index is 0.300. The Morgan fingerprint density at radius 3 is 2.53 bits per heavy atom. The lowest BCUT2D eigenvalue weighted by molar-refractivity contribution is -0.387. The highest BCUT2D eigenvalue weighted by Gasteiger charge is 2.18. The molecule has 0 amide bonds. The van der Waals surface area contributed by atoms with Crippen LogP contribution in [0.4, 0.5) is 10.1 Å². The van der Waals surface area contributed by atoms with Crippen molar-refractivity contribution in [3.8, 4) is 0 Å². The van der Waals surface area contributed by atoms with Gasteiger partial charge in [-0.2, -0.15) is 4.39 Å². The van der Waals surface area contributed by atoms with Crippen LogP contribution in [0.25, 0.3) is 0 Å². The molecule has 2 rings (SSSR count). The number of nitro groups is 1. The first-order valence-corrected chi connectivity index (χ1v) is 5.96. The van der Waals surface area contributed by atoms with Gasteiger partial charge in [0.25, 0.3) is 0 Å². The molecule has 0 N–H and O–H groups in total. The fraction of sp³-hybridized carbons (Fsp3) is 0.286. The summed E-state index contributed by atoms with van der Waals surface area (Å²) >= 11 is 0. The quantitative estimate of drug-likeness (QED) is 0.627. The molecule has 0 fully saturated rings. The van der Waals surface area contributed by atoms with Crippen LogP contribution in [-0.2, 0) is 6.54 Å². The number of aryl methyl sites for hydroxylation is 1. The van der Waals surface area contributed by atoms with Gasteiger partial charge < -0.3 is 4.57 Å². The van der Waals surface area contributed by atoms with E-state index in [1.165, 1.54) is 12.1 Å². The predicted molar refractivity (Wildman–Crippen MR) is 70.8 cm³/mol. The van der Waals surface area contributed by atoms with E-state index >= 15 is 0 Å². The van der Waals surface area contributed by atoms with Crippen LogP contribution in [-0.4, -0.2) is 9.49 Å². The van der Waals surface area contributed by atoms with Gasteiger partial charge in [0.15, 0.2) is 0 Å². The summed E-state index contributed by atoms with van der Waals surface area (Å²) in [4.78, 5) is 10.0. The molecule has 1 aromatic carbocycles. The summed E-state index contributed by atoms with van der Waals surface area (Å²) in [7, 11) is 0. The first-order valence-electron chi connectivity index (χ1n) is 5.96. The van der Waals surface area contributed by atoms with Crippen LogP contribution in [0.3, 0.4) is 0 Å². The number of hydrogen-bond donors (Lipinski definition) is 0. The van der Waals surface area contributed by atoms with Crippen LogP contribution < -0.4 is 0 Å². The lowest BCUT2D eigenvalue weighted by atomic mass is 10.2. The van der Waals surface area contributed by atoms with Gasteiger partial charge >= 0.3 is 5.69 Å². The second-order valence-corrected chi connectivity index (χ2v) is 4.66. The van der Waals surface area contributed by atoms with Crippen LogP contribution in [0.2, 0.25) is 0 Å². The summed E-state index contributed by atoms with van der Waals surface area (Å²) in [6, 6.07) is 4.26. The van der Waals surface area contributed by atoms with Crippen LogP contribution >= 0.6 is 0 Å². The third kappa shape index (κ3) is 2.36. The van der Waals surface area contributed by atoms with E-state index in [1.807, 2.05) is 31.5 Å². The number of rotatable bonds is 3. The lowest BCUT2D eigenvalue weighted by Crippen LogP contribution is -2.04. The molecular formula is C14H15FN2O2. The Hall–Kier alpha value is -2.17. The highest BCUT2D eigenvalue weighted by molar-refractivity contribution is 5.38. The second-order valence-electron chi connectivity index (χ2n) is 4.66. The Morgan fingerprint density at radius 2 is 2.00 bits per heavy atom. The van der Waals surface area contributed by atoms with Crippen molar-refractivity contribution in [1.82, 2.24) is 4.57 Å². The molecule has 1 aromatic heterocycles. The fourth-order valence-corrected chi connectivity index (χ4v) is 2.11. The van der Waals surface area contributed by atoms with Gasteiger partial charge in [0, 0.05) is 23.5 Å². The Labute approximate surface area is 110 Å². The number of benzene rings is 1. The molecule has 0 aliphatic rings. The minimum Gasteiger partial charge on any atom is -0.347 e. The fourth-order valence-electron chi connectivity index (χ4n) is 2.11. The molecule has 4 nitrogen and oxygen atoms in total. The van der Waals surface area contributed by atoms with E-state index in [0.717, 1.165) is 16.8 Å². The van der Waals surface area contributed by atoms with Crippen molar-refractivity contribution in [2.45, 2.75) is 27.3 Å². The molecule has 0 aliphatic heterocycles. The average molecular weight is 262 g/mol. The monoisotopic (exact) mass is 262 g/mol. The van der Waals surface area contributed by atoms with Gasteiger partial charge in [-0.15, -0.1) is 0 Å². The van der Waals surface area contributed by atoms with E-state index < -0.39 is 16.4 Å². The van der Waals surface area contributed by atoms with Gasteiger partial charge in [-0.05, 0) is 31.9 Å². The number of halogens is 1. The van der Waals surface area contributed by atoms with Crippen molar-refractivity contribution in [2.24, 2.45) is 0 Å². The topological polar surface area (TPSA) is 48.1 Å². The van der Waals surface area contributed by atoms with Gasteiger partial charge in [0.2, 0.25) is 5.82 Å². The highest BCUT2D eigenvalue weighted by atomic mass is 19.1. The highest BCUT2D eigenvalue weighted by Crippen LogP contribution is 2.23. The number of hydrogen-bond acceptors (Lipinski definition) is 2. The zero-order valence-corrected chi connectivity index (χ0v) is 11.1. The molecule has 0 atom stereocenters. The number of nitrogens with zero attached hydrogens (tertiary/aromatic N) is 2. The SMILES string of the molecule is Cc1cn(Cc2cccc([N+](=O)[O-])c2F)c(C)c1C. The average Bonchev–Trinajstić information content (AvgIpc) is 2.59. The smallest absolute Gasteiger partial charge is 0.305 e. The second kappa shape index (κ2) is 4.84. The van der Waals surface area contributed by atoms with Crippen molar-refractivity contribution in [3.63, 3.8) is 0 Å². The van der Waals surface area contributed by atoms with Crippen molar-refractivity contribution < 1.29 is 9.31 Å². The summed E-state index contributed by atoms with van der Waals surface area (Å²) < 4.78 is 15.9. The van der Waals surface area contributed by atoms with Crippen molar-refractivity contribution >= 4 is 5.69 Å².